The third kappa shape index (κ3) is 3.61. The van der Waals surface area contributed by atoms with Crippen molar-refractivity contribution < 1.29 is 14.3 Å². The Morgan fingerprint density at radius 3 is 2.59 bits per heavy atom. The summed E-state index contributed by atoms with van der Waals surface area (Å²) in [6.45, 7) is 3.82. The zero-order valence-corrected chi connectivity index (χ0v) is 15.5. The summed E-state index contributed by atoms with van der Waals surface area (Å²) in [5.74, 6) is 1.68. The number of hydrogen-bond acceptors (Lipinski definition) is 3. The Bertz CT molecular complexity index is 961. The lowest BCUT2D eigenvalue weighted by Gasteiger charge is -2.23. The van der Waals surface area contributed by atoms with E-state index in [9.17, 15) is 4.79 Å². The number of carbonyl (C=O) groups excluding carboxylic acids is 1. The maximum absolute atomic E-state index is 13.0. The topological polar surface area (TPSA) is 38.8 Å². The summed E-state index contributed by atoms with van der Waals surface area (Å²) < 4.78 is 11.2. The number of amides is 1. The molecule has 27 heavy (non-hydrogen) atoms. The summed E-state index contributed by atoms with van der Waals surface area (Å²) >= 11 is 0. The molecule has 1 aliphatic heterocycles. The standard InChI is InChI=1S/C23H23NO3/c1-2-24(20-9-5-7-18-6-3-4-8-19(18)20)23(25)13-11-17-10-12-21-22(16-17)27-15-14-26-21/h3-10,12,16H,2,11,13-15H2,1H3. The van der Waals surface area contributed by atoms with Crippen LogP contribution >= 0.6 is 0 Å². The molecule has 0 spiro atoms. The number of benzene rings is 3. The molecule has 1 aliphatic rings. The van der Waals surface area contributed by atoms with Gasteiger partial charge in [0.05, 0.1) is 5.69 Å². The van der Waals surface area contributed by atoms with E-state index in [2.05, 4.69) is 18.2 Å². The summed E-state index contributed by atoms with van der Waals surface area (Å²) in [6.07, 6.45) is 1.13. The lowest BCUT2D eigenvalue weighted by atomic mass is 10.1. The Hall–Kier alpha value is -3.01. The molecule has 138 valence electrons. The summed E-state index contributed by atoms with van der Waals surface area (Å²) in [5, 5.41) is 2.25. The number of aryl methyl sites for hydroxylation is 1. The van der Waals surface area contributed by atoms with Gasteiger partial charge in [0.2, 0.25) is 5.91 Å². The van der Waals surface area contributed by atoms with E-state index in [-0.39, 0.29) is 5.91 Å². The van der Waals surface area contributed by atoms with Crippen molar-refractivity contribution in [3.8, 4) is 11.5 Å². The smallest absolute Gasteiger partial charge is 0.227 e. The number of anilines is 1. The minimum absolute atomic E-state index is 0.128. The normalized spacial score (nSPS) is 12.8. The van der Waals surface area contributed by atoms with Gasteiger partial charge in [-0.15, -0.1) is 0 Å². The van der Waals surface area contributed by atoms with Crippen molar-refractivity contribution in [2.45, 2.75) is 19.8 Å². The second kappa shape index (κ2) is 7.70. The van der Waals surface area contributed by atoms with Crippen LogP contribution in [-0.4, -0.2) is 25.7 Å². The van der Waals surface area contributed by atoms with E-state index in [1.165, 1.54) is 0 Å². The van der Waals surface area contributed by atoms with Crippen LogP contribution < -0.4 is 14.4 Å². The zero-order chi connectivity index (χ0) is 18.6. The van der Waals surface area contributed by atoms with Crippen LogP contribution in [0.4, 0.5) is 5.69 Å². The van der Waals surface area contributed by atoms with Crippen LogP contribution in [-0.2, 0) is 11.2 Å². The van der Waals surface area contributed by atoms with E-state index in [1.54, 1.807) is 0 Å². The third-order valence-corrected chi connectivity index (χ3v) is 4.91. The Kier molecular flexibility index (Phi) is 4.97. The maximum atomic E-state index is 13.0. The van der Waals surface area contributed by atoms with Gasteiger partial charge in [-0.3, -0.25) is 4.79 Å². The highest BCUT2D eigenvalue weighted by atomic mass is 16.6. The number of ether oxygens (including phenoxy) is 2. The molecule has 3 aromatic rings. The first-order valence-electron chi connectivity index (χ1n) is 9.43. The Balaban J connectivity index is 1.51. The van der Waals surface area contributed by atoms with Gasteiger partial charge >= 0.3 is 0 Å². The molecule has 0 N–H and O–H groups in total. The predicted molar refractivity (Wildman–Crippen MR) is 108 cm³/mol. The van der Waals surface area contributed by atoms with E-state index in [4.69, 9.17) is 9.47 Å². The molecule has 0 saturated heterocycles. The van der Waals surface area contributed by atoms with Crippen molar-refractivity contribution in [2.24, 2.45) is 0 Å². The molecule has 4 nitrogen and oxygen atoms in total. The molecular formula is C23H23NO3. The SMILES string of the molecule is CCN(C(=O)CCc1ccc2c(c1)OCCO2)c1cccc2ccccc12. The van der Waals surface area contributed by atoms with Crippen molar-refractivity contribution in [1.29, 1.82) is 0 Å². The van der Waals surface area contributed by atoms with E-state index >= 15 is 0 Å². The fourth-order valence-corrected chi connectivity index (χ4v) is 3.55. The van der Waals surface area contributed by atoms with Crippen molar-refractivity contribution in [3.63, 3.8) is 0 Å². The highest BCUT2D eigenvalue weighted by molar-refractivity contribution is 6.03. The van der Waals surface area contributed by atoms with E-state index in [1.807, 2.05) is 54.3 Å². The molecule has 0 bridgehead atoms. The first-order chi connectivity index (χ1) is 13.3. The monoisotopic (exact) mass is 361 g/mol. The van der Waals surface area contributed by atoms with E-state index in [0.29, 0.717) is 32.6 Å². The number of hydrogen-bond donors (Lipinski definition) is 0. The van der Waals surface area contributed by atoms with Gasteiger partial charge in [-0.1, -0.05) is 42.5 Å². The number of nitrogens with zero attached hydrogens (tertiary/aromatic N) is 1. The minimum Gasteiger partial charge on any atom is -0.486 e. The van der Waals surface area contributed by atoms with Crippen LogP contribution in [0.2, 0.25) is 0 Å². The highest BCUT2D eigenvalue weighted by Crippen LogP contribution is 2.31. The van der Waals surface area contributed by atoms with Gasteiger partial charge in [-0.2, -0.15) is 0 Å². The average Bonchev–Trinajstić information content (AvgIpc) is 2.73. The van der Waals surface area contributed by atoms with E-state index < -0.39 is 0 Å². The van der Waals surface area contributed by atoms with Crippen molar-refractivity contribution in [3.05, 3.63) is 66.2 Å². The van der Waals surface area contributed by atoms with Crippen LogP contribution in [0.5, 0.6) is 11.5 Å². The number of carbonyl (C=O) groups is 1. The largest absolute Gasteiger partial charge is 0.486 e. The van der Waals surface area contributed by atoms with Gasteiger partial charge in [0.25, 0.3) is 0 Å². The fraction of sp³-hybridized carbons (Fsp3) is 0.261. The molecular weight excluding hydrogens is 338 g/mol. The minimum atomic E-state index is 0.128. The number of fused-ring (bicyclic) bond motifs is 2. The number of rotatable bonds is 5. The van der Waals surface area contributed by atoms with Crippen LogP contribution in [0.25, 0.3) is 10.8 Å². The highest BCUT2D eigenvalue weighted by Gasteiger charge is 2.17. The molecule has 3 aromatic carbocycles. The first-order valence-corrected chi connectivity index (χ1v) is 9.43. The van der Waals surface area contributed by atoms with Gasteiger partial charge in [0.15, 0.2) is 11.5 Å². The Morgan fingerprint density at radius 2 is 1.74 bits per heavy atom. The predicted octanol–water partition coefficient (Wildman–Crippen LogP) is 4.60. The first kappa shape index (κ1) is 17.4. The molecule has 0 aliphatic carbocycles. The Labute approximate surface area is 159 Å². The van der Waals surface area contributed by atoms with Crippen molar-refractivity contribution in [2.75, 3.05) is 24.7 Å². The van der Waals surface area contributed by atoms with Gasteiger partial charge < -0.3 is 14.4 Å². The van der Waals surface area contributed by atoms with Crippen LogP contribution in [0.15, 0.2) is 60.7 Å². The van der Waals surface area contributed by atoms with Crippen molar-refractivity contribution in [1.82, 2.24) is 0 Å². The maximum Gasteiger partial charge on any atom is 0.227 e. The molecule has 1 amide bonds. The molecule has 4 rings (SSSR count). The molecule has 0 unspecified atom stereocenters. The van der Waals surface area contributed by atoms with Crippen molar-refractivity contribution >= 4 is 22.4 Å². The Morgan fingerprint density at radius 1 is 0.963 bits per heavy atom. The molecule has 4 heteroatoms. The van der Waals surface area contributed by atoms with Gasteiger partial charge in [-0.25, -0.2) is 0 Å². The molecule has 1 heterocycles. The molecule has 0 radical (unpaired) electrons. The zero-order valence-electron chi connectivity index (χ0n) is 15.5. The summed E-state index contributed by atoms with van der Waals surface area (Å²) in [7, 11) is 0. The van der Waals surface area contributed by atoms with E-state index in [0.717, 1.165) is 33.5 Å². The third-order valence-electron chi connectivity index (χ3n) is 4.91. The van der Waals surface area contributed by atoms with Gasteiger partial charge in [0, 0.05) is 18.4 Å². The van der Waals surface area contributed by atoms with Gasteiger partial charge in [-0.05, 0) is 42.5 Å². The van der Waals surface area contributed by atoms with Gasteiger partial charge in [0.1, 0.15) is 13.2 Å². The second-order valence-electron chi connectivity index (χ2n) is 6.61. The second-order valence-corrected chi connectivity index (χ2v) is 6.61. The lowest BCUT2D eigenvalue weighted by Crippen LogP contribution is -2.31. The molecule has 0 atom stereocenters. The molecule has 0 aromatic heterocycles. The summed E-state index contributed by atoms with van der Waals surface area (Å²) in [6, 6.07) is 20.2. The molecule has 0 saturated carbocycles. The average molecular weight is 361 g/mol. The summed E-state index contributed by atoms with van der Waals surface area (Å²) in [5.41, 5.74) is 2.06. The fourth-order valence-electron chi connectivity index (χ4n) is 3.55. The summed E-state index contributed by atoms with van der Waals surface area (Å²) in [4.78, 5) is 14.8. The van der Waals surface area contributed by atoms with Crippen LogP contribution in [0.3, 0.4) is 0 Å². The quantitative estimate of drug-likeness (QED) is 0.667. The van der Waals surface area contributed by atoms with Crippen LogP contribution in [0, 0.1) is 0 Å². The lowest BCUT2D eigenvalue weighted by molar-refractivity contribution is -0.118. The molecule has 0 fully saturated rings. The van der Waals surface area contributed by atoms with Crippen LogP contribution in [0.1, 0.15) is 18.9 Å².